The fraction of sp³-hybridized carbons (Fsp3) is 0.176. The molecule has 0 bridgehead atoms. The molecule has 28 heavy (non-hydrogen) atoms. The van der Waals surface area contributed by atoms with E-state index < -0.39 is 40.4 Å². The van der Waals surface area contributed by atoms with E-state index in [-0.39, 0.29) is 11.4 Å². The summed E-state index contributed by atoms with van der Waals surface area (Å²) in [6.45, 7) is 0. The largest absolute Gasteiger partial charge is 0.595 e. The molecule has 0 saturated heterocycles. The number of hydrogen-bond donors (Lipinski definition) is 3. The Hall–Kier alpha value is -2.47. The molecule has 1 aliphatic heterocycles. The number of amides is 1. The van der Waals surface area contributed by atoms with Gasteiger partial charge in [0.1, 0.15) is 17.4 Å². The highest BCUT2D eigenvalue weighted by Crippen LogP contribution is 2.35. The number of aliphatic imine (C=N–C) groups is 1. The van der Waals surface area contributed by atoms with Crippen molar-refractivity contribution in [2.24, 2.45) is 4.99 Å². The molecule has 0 aliphatic carbocycles. The Labute approximate surface area is 160 Å². The molecule has 1 heterocycles. The maximum Gasteiger partial charge on any atom is 0.422 e. The van der Waals surface area contributed by atoms with Crippen LogP contribution in [0.1, 0.15) is 11.1 Å². The summed E-state index contributed by atoms with van der Waals surface area (Å²) >= 11 is 1.27. The van der Waals surface area contributed by atoms with Crippen LogP contribution in [0.15, 0.2) is 47.5 Å². The van der Waals surface area contributed by atoms with E-state index in [1.54, 1.807) is 0 Å². The first kappa shape index (κ1) is 20.3. The fourth-order valence-electron chi connectivity index (χ4n) is 2.53. The van der Waals surface area contributed by atoms with Crippen LogP contribution in [0.25, 0.3) is 0 Å². The molecule has 3 rings (SSSR count). The maximum absolute atomic E-state index is 13.1. The number of nitrogens with one attached hydrogen (secondary N) is 2. The zero-order valence-electron chi connectivity index (χ0n) is 14.0. The Morgan fingerprint density at radius 1 is 1.25 bits per heavy atom. The summed E-state index contributed by atoms with van der Waals surface area (Å²) in [5, 5.41) is 21.0. The third-order valence-corrected chi connectivity index (χ3v) is 4.96. The molecule has 2 unspecified atom stereocenters. The zero-order chi connectivity index (χ0) is 20.5. The number of nitrogens with zero attached hydrogens (tertiary/aromatic N) is 1. The monoisotopic (exact) mass is 415 g/mol. The first-order valence-electron chi connectivity index (χ1n) is 7.87. The summed E-state index contributed by atoms with van der Waals surface area (Å²) in [7, 11) is 0. The molecule has 0 fully saturated rings. The quantitative estimate of drug-likeness (QED) is 0.529. The van der Waals surface area contributed by atoms with Crippen molar-refractivity contribution in [3.05, 3.63) is 64.6 Å². The fourth-order valence-corrected chi connectivity index (χ4v) is 3.57. The number of quaternary nitrogens is 1. The predicted molar refractivity (Wildman–Crippen MR) is 95.0 cm³/mol. The Kier molecular flexibility index (Phi) is 5.70. The number of anilines is 1. The minimum atomic E-state index is -4.88. The van der Waals surface area contributed by atoms with Crippen LogP contribution in [0.2, 0.25) is 0 Å². The molecule has 2 atom stereocenters. The Bertz CT molecular complexity index is 917. The third kappa shape index (κ3) is 4.50. The van der Waals surface area contributed by atoms with Gasteiger partial charge in [-0.05, 0) is 36.4 Å². The van der Waals surface area contributed by atoms with Crippen molar-refractivity contribution in [1.29, 1.82) is 0 Å². The van der Waals surface area contributed by atoms with Gasteiger partial charge in [0.15, 0.2) is 5.69 Å². The van der Waals surface area contributed by atoms with Crippen LogP contribution in [-0.2, 0) is 11.0 Å². The lowest BCUT2D eigenvalue weighted by atomic mass is 10.1. The van der Waals surface area contributed by atoms with Crippen molar-refractivity contribution < 1.29 is 32.8 Å². The average molecular weight is 415 g/mol. The lowest BCUT2D eigenvalue weighted by Gasteiger charge is -2.18. The predicted octanol–water partition coefficient (Wildman–Crippen LogP) is 2.75. The van der Waals surface area contributed by atoms with Gasteiger partial charge in [0.25, 0.3) is 0 Å². The number of alkyl halides is 3. The van der Waals surface area contributed by atoms with Crippen LogP contribution in [0.5, 0.6) is 0 Å². The van der Waals surface area contributed by atoms with Gasteiger partial charge in [-0.3, -0.25) is 9.79 Å². The van der Waals surface area contributed by atoms with Crippen molar-refractivity contribution >= 4 is 34.1 Å². The third-order valence-electron chi connectivity index (χ3n) is 3.87. The molecule has 1 amide bonds. The van der Waals surface area contributed by atoms with E-state index >= 15 is 0 Å². The lowest BCUT2D eigenvalue weighted by Crippen LogP contribution is -2.99. The minimum Gasteiger partial charge on any atom is -0.595 e. The second kappa shape index (κ2) is 7.87. The van der Waals surface area contributed by atoms with Gasteiger partial charge in [0.05, 0.1) is 5.04 Å². The van der Waals surface area contributed by atoms with E-state index in [2.05, 4.69) is 10.3 Å². The molecule has 2 aromatic rings. The topological polar surface area (TPSA) is 89.2 Å². The number of benzene rings is 2. The van der Waals surface area contributed by atoms with Crippen molar-refractivity contribution in [3.63, 3.8) is 0 Å². The van der Waals surface area contributed by atoms with Crippen molar-refractivity contribution in [2.75, 3.05) is 11.1 Å². The van der Waals surface area contributed by atoms with Crippen molar-refractivity contribution in [3.8, 4) is 0 Å². The second-order valence-electron chi connectivity index (χ2n) is 5.82. The average Bonchev–Trinajstić information content (AvgIpc) is 3.11. The second-order valence-corrected chi connectivity index (χ2v) is 6.83. The molecule has 11 heteroatoms. The van der Waals surface area contributed by atoms with Gasteiger partial charge in [0, 0.05) is 23.1 Å². The Morgan fingerprint density at radius 3 is 2.54 bits per heavy atom. The van der Waals surface area contributed by atoms with E-state index in [1.165, 1.54) is 36.0 Å². The van der Waals surface area contributed by atoms with Gasteiger partial charge in [-0.1, -0.05) is 0 Å². The van der Waals surface area contributed by atoms with Crippen LogP contribution in [0.3, 0.4) is 0 Å². The van der Waals surface area contributed by atoms with E-state index in [0.717, 1.165) is 12.1 Å². The summed E-state index contributed by atoms with van der Waals surface area (Å²) in [5.41, 5.74) is -1.81. The molecule has 6 nitrogen and oxygen atoms in total. The van der Waals surface area contributed by atoms with E-state index in [0.29, 0.717) is 16.7 Å². The molecule has 2 aromatic carbocycles. The first-order valence-corrected chi connectivity index (χ1v) is 8.85. The molecular formula is C17H13F4N3O3S. The lowest BCUT2D eigenvalue weighted by molar-refractivity contribution is -0.991. The van der Waals surface area contributed by atoms with E-state index in [4.69, 9.17) is 5.21 Å². The molecule has 148 valence electrons. The Balaban J connectivity index is 1.77. The van der Waals surface area contributed by atoms with E-state index in [1.807, 2.05) is 0 Å². The smallest absolute Gasteiger partial charge is 0.422 e. The van der Waals surface area contributed by atoms with Crippen LogP contribution in [0.4, 0.5) is 28.9 Å². The number of hydrogen-bond acceptors (Lipinski definition) is 5. The number of thioether (sulfide) groups is 1. The molecule has 0 aromatic heterocycles. The van der Waals surface area contributed by atoms with Crippen LogP contribution < -0.4 is 10.5 Å². The van der Waals surface area contributed by atoms with Gasteiger partial charge in [-0.15, -0.1) is 11.8 Å². The summed E-state index contributed by atoms with van der Waals surface area (Å²) in [6, 6.07) is 7.17. The number of rotatable bonds is 4. The SMILES string of the molecule is O=C(Nc1ccc([NH+]([O-])O)c(C(F)(F)F)c1)C1CSC(c2ccc(F)cc2)=N1. The molecular weight excluding hydrogens is 402 g/mol. The molecule has 3 N–H and O–H groups in total. The van der Waals surface area contributed by atoms with Crippen LogP contribution in [-0.4, -0.2) is 28.0 Å². The van der Waals surface area contributed by atoms with Gasteiger partial charge in [0.2, 0.25) is 5.91 Å². The summed E-state index contributed by atoms with van der Waals surface area (Å²) in [6.07, 6.45) is -4.88. The summed E-state index contributed by atoms with van der Waals surface area (Å²) in [4.78, 5) is 16.6. The molecule has 0 saturated carbocycles. The molecule has 0 spiro atoms. The number of carbonyl (C=O) groups excluding carboxylic acids is 1. The van der Waals surface area contributed by atoms with Gasteiger partial charge in [-0.2, -0.15) is 18.4 Å². The summed E-state index contributed by atoms with van der Waals surface area (Å²) < 4.78 is 52.2. The van der Waals surface area contributed by atoms with E-state index in [9.17, 15) is 27.6 Å². The van der Waals surface area contributed by atoms with Crippen molar-refractivity contribution in [2.45, 2.75) is 12.2 Å². The minimum absolute atomic E-state index is 0.183. The van der Waals surface area contributed by atoms with Gasteiger partial charge < -0.3 is 10.5 Å². The zero-order valence-corrected chi connectivity index (χ0v) is 14.8. The normalized spacial score (nSPS) is 17.9. The van der Waals surface area contributed by atoms with Gasteiger partial charge in [-0.25, -0.2) is 9.60 Å². The standard InChI is InChI=1S/C17H13F4N3O3S/c18-10-3-1-9(2-4-10)16-23-13(8-28-16)15(25)22-11-5-6-14(24(26)27)12(7-11)17(19,20)21/h1-7,13,24,26H,8H2,(H,22,25). The molecule has 1 aliphatic rings. The Morgan fingerprint density at radius 2 is 1.93 bits per heavy atom. The highest BCUT2D eigenvalue weighted by atomic mass is 32.2. The van der Waals surface area contributed by atoms with Crippen LogP contribution in [0, 0.1) is 11.0 Å². The molecule has 0 radical (unpaired) electrons. The van der Waals surface area contributed by atoms with Crippen molar-refractivity contribution in [1.82, 2.24) is 0 Å². The number of halogens is 4. The maximum atomic E-state index is 13.1. The highest BCUT2D eigenvalue weighted by Gasteiger charge is 2.37. The number of carbonyl (C=O) groups is 1. The first-order chi connectivity index (χ1) is 13.1. The highest BCUT2D eigenvalue weighted by molar-refractivity contribution is 8.14. The van der Waals surface area contributed by atoms with Gasteiger partial charge >= 0.3 is 6.18 Å². The van der Waals surface area contributed by atoms with Crippen LogP contribution >= 0.6 is 11.8 Å². The summed E-state index contributed by atoms with van der Waals surface area (Å²) in [5.74, 6) is -0.759.